The minimum atomic E-state index is -0.664. The quantitative estimate of drug-likeness (QED) is 0.0419. The highest BCUT2D eigenvalue weighted by molar-refractivity contribution is 5.67. The zero-order valence-electron chi connectivity index (χ0n) is 37.9. The lowest BCUT2D eigenvalue weighted by Gasteiger charge is -2.02. The van der Waals surface area contributed by atoms with Crippen molar-refractivity contribution in [2.75, 3.05) is 0 Å². The predicted octanol–water partition coefficient (Wildman–Crippen LogP) is 17.2. The van der Waals surface area contributed by atoms with Gasteiger partial charge in [-0.15, -0.1) is 0 Å². The fourth-order valence-corrected chi connectivity index (χ4v) is 6.93. The number of aliphatic carboxylic acids is 3. The Labute approximate surface area is 349 Å². The molecule has 56 heavy (non-hydrogen) atoms. The second-order valence-corrected chi connectivity index (χ2v) is 16.5. The van der Waals surface area contributed by atoms with Crippen LogP contribution in [0.25, 0.3) is 0 Å². The van der Waals surface area contributed by atoms with E-state index in [1.54, 1.807) is 0 Å². The molecule has 0 atom stereocenters. The molecule has 0 saturated heterocycles. The van der Waals surface area contributed by atoms with E-state index in [1.807, 2.05) is 0 Å². The monoisotopic (exact) mass is 795 g/mol. The van der Waals surface area contributed by atoms with Crippen molar-refractivity contribution in [2.45, 2.75) is 290 Å². The number of hydrogen-bond donors (Lipinski definition) is 3. The summed E-state index contributed by atoms with van der Waals surface area (Å²) in [5.41, 5.74) is 0. The summed E-state index contributed by atoms with van der Waals surface area (Å²) in [6.07, 6.45) is 55.8. The lowest BCUT2D eigenvalue weighted by atomic mass is 10.0. The van der Waals surface area contributed by atoms with Gasteiger partial charge in [0.15, 0.2) is 0 Å². The van der Waals surface area contributed by atoms with Crippen LogP contribution in [0.15, 0.2) is 12.2 Å². The summed E-state index contributed by atoms with van der Waals surface area (Å²) in [5, 5.41) is 25.5. The lowest BCUT2D eigenvalue weighted by Crippen LogP contribution is -1.93. The highest BCUT2D eigenvalue weighted by Gasteiger charge is 1.99. The Morgan fingerprint density at radius 2 is 0.429 bits per heavy atom. The molecule has 0 aromatic heterocycles. The van der Waals surface area contributed by atoms with E-state index < -0.39 is 17.9 Å². The molecule has 6 heteroatoms. The Bertz CT molecular complexity index is 754. The van der Waals surface area contributed by atoms with Crippen LogP contribution in [0.5, 0.6) is 0 Å². The van der Waals surface area contributed by atoms with Crippen molar-refractivity contribution in [3.8, 4) is 0 Å². The predicted molar refractivity (Wildman–Crippen MR) is 243 cm³/mol. The molecule has 0 radical (unpaired) electrons. The van der Waals surface area contributed by atoms with Crippen LogP contribution in [0.4, 0.5) is 0 Å². The number of unbranched alkanes of at least 4 members (excludes halogenated alkanes) is 35. The van der Waals surface area contributed by atoms with E-state index in [-0.39, 0.29) is 0 Å². The Kier molecular flexibility index (Phi) is 57.7. The van der Waals surface area contributed by atoms with E-state index in [1.165, 1.54) is 212 Å². The van der Waals surface area contributed by atoms with E-state index in [9.17, 15) is 14.4 Å². The molecule has 334 valence electrons. The third kappa shape index (κ3) is 66.9. The van der Waals surface area contributed by atoms with Gasteiger partial charge in [-0.25, -0.2) is 0 Å². The number of hydrogen-bond acceptors (Lipinski definition) is 3. The number of allylic oxidation sites excluding steroid dienone is 2. The van der Waals surface area contributed by atoms with Gasteiger partial charge in [-0.2, -0.15) is 0 Å². The Morgan fingerprint density at radius 1 is 0.268 bits per heavy atom. The van der Waals surface area contributed by atoms with Gasteiger partial charge in [-0.1, -0.05) is 238 Å². The highest BCUT2D eigenvalue weighted by Crippen LogP contribution is 2.15. The molecule has 0 aromatic rings. The molecule has 0 amide bonds. The first kappa shape index (κ1) is 58.5. The molecule has 0 aromatic carbocycles. The van der Waals surface area contributed by atoms with Gasteiger partial charge in [0.25, 0.3) is 0 Å². The fraction of sp³-hybridized carbons (Fsp3) is 0.900. The Balaban J connectivity index is -0.000000754. The van der Waals surface area contributed by atoms with Crippen molar-refractivity contribution in [1.82, 2.24) is 0 Å². The number of rotatable bonds is 43. The van der Waals surface area contributed by atoms with E-state index in [0.717, 1.165) is 38.5 Å². The zero-order chi connectivity index (χ0) is 41.8. The maximum absolute atomic E-state index is 10.3. The van der Waals surface area contributed by atoms with E-state index in [0.29, 0.717) is 19.3 Å². The van der Waals surface area contributed by atoms with Gasteiger partial charge >= 0.3 is 17.9 Å². The SMILES string of the molecule is CCCCCCCCC=CCCCCCCCC(=O)O.CCCCCCCCCCCCCCCC(=O)O.CCCCCCCCCCCCCCCC(=O)O. The second kappa shape index (κ2) is 55.2. The summed E-state index contributed by atoms with van der Waals surface area (Å²) in [7, 11) is 0. The van der Waals surface area contributed by atoms with Gasteiger partial charge in [0.2, 0.25) is 0 Å². The maximum Gasteiger partial charge on any atom is 0.303 e. The minimum absolute atomic E-state index is 0.332. The summed E-state index contributed by atoms with van der Waals surface area (Å²) < 4.78 is 0. The molecule has 0 fully saturated rings. The zero-order valence-corrected chi connectivity index (χ0v) is 37.9. The lowest BCUT2D eigenvalue weighted by molar-refractivity contribution is -0.138. The summed E-state index contributed by atoms with van der Waals surface area (Å²) in [4.78, 5) is 30.9. The minimum Gasteiger partial charge on any atom is -0.481 e. The molecule has 0 rings (SSSR count). The normalized spacial score (nSPS) is 10.9. The van der Waals surface area contributed by atoms with Gasteiger partial charge in [-0.05, 0) is 44.9 Å². The van der Waals surface area contributed by atoms with Crippen molar-refractivity contribution in [3.63, 3.8) is 0 Å². The average Bonchev–Trinajstić information content (AvgIpc) is 3.17. The van der Waals surface area contributed by atoms with Crippen LogP contribution in [-0.2, 0) is 14.4 Å². The fourth-order valence-electron chi connectivity index (χ4n) is 6.93. The maximum atomic E-state index is 10.3. The van der Waals surface area contributed by atoms with Crippen molar-refractivity contribution in [3.05, 3.63) is 12.2 Å². The van der Waals surface area contributed by atoms with Crippen LogP contribution in [0.1, 0.15) is 290 Å². The molecule has 0 spiro atoms. The van der Waals surface area contributed by atoms with Crippen LogP contribution in [0.2, 0.25) is 0 Å². The second-order valence-electron chi connectivity index (χ2n) is 16.5. The first-order valence-electron chi connectivity index (χ1n) is 24.6. The highest BCUT2D eigenvalue weighted by atomic mass is 16.4. The molecule has 6 nitrogen and oxygen atoms in total. The number of carbonyl (C=O) groups is 3. The van der Waals surface area contributed by atoms with Gasteiger partial charge < -0.3 is 15.3 Å². The number of carboxylic acids is 3. The van der Waals surface area contributed by atoms with Crippen LogP contribution in [0.3, 0.4) is 0 Å². The molecule has 0 aliphatic carbocycles. The smallest absolute Gasteiger partial charge is 0.303 e. The summed E-state index contributed by atoms with van der Waals surface area (Å²) in [6, 6.07) is 0. The third-order valence-electron chi connectivity index (χ3n) is 10.6. The number of carboxylic acid groups (broad SMARTS) is 3. The van der Waals surface area contributed by atoms with Gasteiger partial charge in [0.1, 0.15) is 0 Å². The summed E-state index contributed by atoms with van der Waals surface area (Å²) >= 11 is 0. The van der Waals surface area contributed by atoms with Gasteiger partial charge in [-0.3, -0.25) is 14.4 Å². The van der Waals surface area contributed by atoms with Gasteiger partial charge in [0, 0.05) is 19.3 Å². The van der Waals surface area contributed by atoms with E-state index in [4.69, 9.17) is 15.3 Å². The van der Waals surface area contributed by atoms with Gasteiger partial charge in [0.05, 0.1) is 0 Å². The third-order valence-corrected chi connectivity index (χ3v) is 10.6. The first-order valence-corrected chi connectivity index (χ1v) is 24.6. The average molecular weight is 795 g/mol. The van der Waals surface area contributed by atoms with Crippen molar-refractivity contribution >= 4 is 17.9 Å². The molecular weight excluding hydrogens is 697 g/mol. The Hall–Kier alpha value is -1.85. The topological polar surface area (TPSA) is 112 Å². The molecule has 0 aliphatic heterocycles. The van der Waals surface area contributed by atoms with Crippen LogP contribution >= 0.6 is 0 Å². The standard InChI is InChI=1S/C18H34O2.2C16H32O2/c1-2-3-4-5-6-7-8-9-10-11-12-13-14-15-16-17-18(19)20;2*1-2-3-4-5-6-7-8-9-10-11-12-13-14-15-16(17)18/h9-10H,2-8,11-17H2,1H3,(H,19,20);2*2-15H2,1H3,(H,17,18). The molecule has 0 heterocycles. The molecule has 0 unspecified atom stereocenters. The van der Waals surface area contributed by atoms with Crippen molar-refractivity contribution in [1.29, 1.82) is 0 Å². The van der Waals surface area contributed by atoms with Crippen molar-refractivity contribution < 1.29 is 29.7 Å². The van der Waals surface area contributed by atoms with E-state index in [2.05, 4.69) is 32.9 Å². The summed E-state index contributed by atoms with van der Waals surface area (Å²) in [6.45, 7) is 6.78. The van der Waals surface area contributed by atoms with Crippen molar-refractivity contribution in [2.24, 2.45) is 0 Å². The Morgan fingerprint density at radius 3 is 0.607 bits per heavy atom. The van der Waals surface area contributed by atoms with Crippen LogP contribution in [0, 0.1) is 0 Å². The molecule has 0 aliphatic rings. The molecule has 0 bridgehead atoms. The molecule has 0 saturated carbocycles. The molecular formula is C50H98O6. The molecule has 3 N–H and O–H groups in total. The largest absolute Gasteiger partial charge is 0.481 e. The van der Waals surface area contributed by atoms with Crippen LogP contribution < -0.4 is 0 Å². The van der Waals surface area contributed by atoms with Crippen LogP contribution in [-0.4, -0.2) is 33.2 Å². The summed E-state index contributed by atoms with van der Waals surface area (Å²) in [5.74, 6) is -1.97. The first-order chi connectivity index (χ1) is 27.3. The van der Waals surface area contributed by atoms with E-state index >= 15 is 0 Å².